The minimum absolute atomic E-state index is 0.265. The molecular weight excluding hydrogens is 336 g/mol. The number of aliphatic imine (C=N–C) groups is 1. The molecule has 27 heavy (non-hydrogen) atoms. The summed E-state index contributed by atoms with van der Waals surface area (Å²) in [6, 6.07) is 14.8. The first-order valence-electron chi connectivity index (χ1n) is 9.85. The topological polar surface area (TPSA) is 58.5 Å². The smallest absolute Gasteiger partial charge is 0.213 e. The highest BCUT2D eigenvalue weighted by atomic mass is 16.5. The number of nitrogens with one attached hydrogen (secondary N) is 2. The van der Waals surface area contributed by atoms with E-state index < -0.39 is 0 Å². The van der Waals surface area contributed by atoms with Gasteiger partial charge in [-0.2, -0.15) is 0 Å². The molecule has 5 heteroatoms. The molecule has 0 bridgehead atoms. The fourth-order valence-corrected chi connectivity index (χ4v) is 3.26. The molecule has 2 aliphatic rings. The third-order valence-electron chi connectivity index (χ3n) is 5.48. The van der Waals surface area contributed by atoms with Gasteiger partial charge < -0.3 is 15.4 Å². The molecule has 0 saturated heterocycles. The Bertz CT molecular complexity index is 765. The molecule has 1 heterocycles. The molecule has 2 aliphatic carbocycles. The van der Waals surface area contributed by atoms with Crippen LogP contribution in [0.25, 0.3) is 0 Å². The monoisotopic (exact) mass is 364 g/mol. The zero-order valence-corrected chi connectivity index (χ0v) is 15.9. The van der Waals surface area contributed by atoms with Crippen LogP contribution in [0.2, 0.25) is 0 Å². The summed E-state index contributed by atoms with van der Waals surface area (Å²) in [7, 11) is 1.81. The van der Waals surface area contributed by atoms with Gasteiger partial charge in [0.1, 0.15) is 0 Å². The summed E-state index contributed by atoms with van der Waals surface area (Å²) in [5, 5.41) is 6.86. The highest BCUT2D eigenvalue weighted by molar-refractivity contribution is 5.79. The van der Waals surface area contributed by atoms with Crippen LogP contribution < -0.4 is 15.4 Å². The normalized spacial score (nSPS) is 18.0. The Kier molecular flexibility index (Phi) is 5.28. The van der Waals surface area contributed by atoms with Gasteiger partial charge in [-0.15, -0.1) is 0 Å². The van der Waals surface area contributed by atoms with Crippen molar-refractivity contribution in [1.82, 2.24) is 15.6 Å². The van der Waals surface area contributed by atoms with E-state index in [0.717, 1.165) is 30.6 Å². The van der Waals surface area contributed by atoms with Crippen molar-refractivity contribution in [2.24, 2.45) is 10.9 Å². The van der Waals surface area contributed by atoms with Crippen molar-refractivity contribution in [2.45, 2.75) is 37.6 Å². The van der Waals surface area contributed by atoms with E-state index in [0.29, 0.717) is 12.4 Å². The first-order chi connectivity index (χ1) is 13.3. The van der Waals surface area contributed by atoms with Crippen molar-refractivity contribution in [2.75, 3.05) is 20.2 Å². The first kappa shape index (κ1) is 17.8. The van der Waals surface area contributed by atoms with E-state index in [2.05, 4.69) is 57.0 Å². The molecule has 0 unspecified atom stereocenters. The van der Waals surface area contributed by atoms with Crippen LogP contribution in [0.1, 0.15) is 36.8 Å². The number of pyridine rings is 1. The molecule has 0 amide bonds. The van der Waals surface area contributed by atoms with Crippen LogP contribution in [0, 0.1) is 5.92 Å². The molecule has 4 rings (SSSR count). The Balaban J connectivity index is 1.24. The van der Waals surface area contributed by atoms with Gasteiger partial charge in [0.15, 0.2) is 5.96 Å². The highest BCUT2D eigenvalue weighted by Crippen LogP contribution is 2.47. The van der Waals surface area contributed by atoms with Gasteiger partial charge >= 0.3 is 0 Å². The van der Waals surface area contributed by atoms with Crippen molar-refractivity contribution in [3.8, 4) is 5.88 Å². The number of hydrogen-bond donors (Lipinski definition) is 2. The van der Waals surface area contributed by atoms with Gasteiger partial charge in [0.2, 0.25) is 5.88 Å². The second kappa shape index (κ2) is 7.99. The Morgan fingerprint density at radius 1 is 1.15 bits per heavy atom. The van der Waals surface area contributed by atoms with Gasteiger partial charge in [0.05, 0.1) is 6.61 Å². The quantitative estimate of drug-likeness (QED) is 0.558. The fraction of sp³-hybridized carbons (Fsp3) is 0.455. The van der Waals surface area contributed by atoms with E-state index in [1.165, 1.54) is 31.2 Å². The zero-order valence-electron chi connectivity index (χ0n) is 15.9. The van der Waals surface area contributed by atoms with Crippen molar-refractivity contribution >= 4 is 5.96 Å². The maximum absolute atomic E-state index is 5.69. The number of aromatic nitrogens is 1. The lowest BCUT2D eigenvalue weighted by Crippen LogP contribution is -2.40. The molecule has 0 atom stereocenters. The van der Waals surface area contributed by atoms with E-state index in [1.807, 2.05) is 19.3 Å². The lowest BCUT2D eigenvalue weighted by atomic mass is 9.96. The van der Waals surface area contributed by atoms with E-state index in [1.54, 1.807) is 0 Å². The lowest BCUT2D eigenvalue weighted by Gasteiger charge is -2.19. The Hall–Kier alpha value is -2.56. The third kappa shape index (κ3) is 4.79. The summed E-state index contributed by atoms with van der Waals surface area (Å²) in [4.78, 5) is 8.74. The molecule has 0 radical (unpaired) electrons. The molecule has 5 nitrogen and oxygen atoms in total. The molecule has 2 fully saturated rings. The average molecular weight is 364 g/mol. The summed E-state index contributed by atoms with van der Waals surface area (Å²) in [5.41, 5.74) is 2.79. The number of guanidine groups is 1. The van der Waals surface area contributed by atoms with Crippen LogP contribution in [0.4, 0.5) is 0 Å². The van der Waals surface area contributed by atoms with Crippen LogP contribution in [-0.4, -0.2) is 31.1 Å². The van der Waals surface area contributed by atoms with Crippen molar-refractivity contribution < 1.29 is 4.74 Å². The first-order valence-corrected chi connectivity index (χ1v) is 9.85. The predicted octanol–water partition coefficient (Wildman–Crippen LogP) is 3.27. The van der Waals surface area contributed by atoms with Crippen molar-refractivity contribution in [3.05, 3.63) is 59.8 Å². The molecule has 2 saturated carbocycles. The summed E-state index contributed by atoms with van der Waals surface area (Å²) in [6.45, 7) is 2.39. The van der Waals surface area contributed by atoms with Crippen molar-refractivity contribution in [3.63, 3.8) is 0 Å². The number of rotatable bonds is 8. The number of nitrogens with zero attached hydrogens (tertiary/aromatic N) is 2. The van der Waals surface area contributed by atoms with E-state index in [-0.39, 0.29) is 5.41 Å². The SMILES string of the molecule is CN=C(NCc1ccc(OCC2CC2)nc1)NCC1(c2ccccc2)CC1. The van der Waals surface area contributed by atoms with Gasteiger partial charge in [-0.25, -0.2) is 4.98 Å². The van der Waals surface area contributed by atoms with Gasteiger partial charge in [-0.3, -0.25) is 4.99 Å². The molecule has 0 aliphatic heterocycles. The van der Waals surface area contributed by atoms with Gasteiger partial charge in [0, 0.05) is 37.8 Å². The lowest BCUT2D eigenvalue weighted by molar-refractivity contribution is 0.288. The Labute approximate surface area is 161 Å². The van der Waals surface area contributed by atoms with E-state index in [4.69, 9.17) is 4.74 Å². The van der Waals surface area contributed by atoms with Crippen LogP contribution in [0.15, 0.2) is 53.7 Å². The van der Waals surface area contributed by atoms with Crippen molar-refractivity contribution in [1.29, 1.82) is 0 Å². The number of benzene rings is 1. The van der Waals surface area contributed by atoms with E-state index in [9.17, 15) is 0 Å². The molecule has 2 N–H and O–H groups in total. The van der Waals surface area contributed by atoms with E-state index >= 15 is 0 Å². The minimum atomic E-state index is 0.265. The average Bonchev–Trinajstić information content (AvgIpc) is 3.64. The fourth-order valence-electron chi connectivity index (χ4n) is 3.26. The molecule has 1 aromatic carbocycles. The summed E-state index contributed by atoms with van der Waals surface area (Å²) in [5.74, 6) is 2.28. The summed E-state index contributed by atoms with van der Waals surface area (Å²) < 4.78 is 5.69. The summed E-state index contributed by atoms with van der Waals surface area (Å²) in [6.07, 6.45) is 6.91. The standard InChI is InChI=1S/C22H28N4O/c1-23-21(26-16-22(11-12-22)19-5-3-2-4-6-19)25-14-18-9-10-20(24-13-18)27-15-17-7-8-17/h2-6,9-10,13,17H,7-8,11-12,14-16H2,1H3,(H2,23,25,26). The van der Waals surface area contributed by atoms with Crippen LogP contribution in [0.5, 0.6) is 5.88 Å². The Morgan fingerprint density at radius 2 is 1.96 bits per heavy atom. The maximum atomic E-state index is 5.69. The second-order valence-corrected chi connectivity index (χ2v) is 7.68. The number of hydrogen-bond acceptors (Lipinski definition) is 3. The van der Waals surface area contributed by atoms with Gasteiger partial charge in [0.25, 0.3) is 0 Å². The molecule has 1 aromatic heterocycles. The van der Waals surface area contributed by atoms with Gasteiger partial charge in [-0.1, -0.05) is 36.4 Å². The Morgan fingerprint density at radius 3 is 2.59 bits per heavy atom. The largest absolute Gasteiger partial charge is 0.477 e. The predicted molar refractivity (Wildman–Crippen MR) is 108 cm³/mol. The summed E-state index contributed by atoms with van der Waals surface area (Å²) >= 11 is 0. The molecule has 142 valence electrons. The number of ether oxygens (including phenoxy) is 1. The molecule has 0 spiro atoms. The van der Waals surface area contributed by atoms with Crippen LogP contribution >= 0.6 is 0 Å². The second-order valence-electron chi connectivity index (χ2n) is 7.68. The highest BCUT2D eigenvalue weighted by Gasteiger charge is 2.43. The minimum Gasteiger partial charge on any atom is -0.477 e. The molecule has 2 aromatic rings. The van der Waals surface area contributed by atoms with Crippen LogP contribution in [0.3, 0.4) is 0 Å². The third-order valence-corrected chi connectivity index (χ3v) is 5.48. The zero-order chi connectivity index (χ0) is 18.5. The van der Waals surface area contributed by atoms with Crippen LogP contribution in [-0.2, 0) is 12.0 Å². The maximum Gasteiger partial charge on any atom is 0.213 e. The van der Waals surface area contributed by atoms with Gasteiger partial charge in [-0.05, 0) is 42.7 Å². The molecular formula is C22H28N4O.